The molecule has 2 heteroatoms. The zero-order valence-corrected chi connectivity index (χ0v) is 9.34. The summed E-state index contributed by atoms with van der Waals surface area (Å²) in [6, 6.07) is 8.65. The smallest absolute Gasteiger partial charge is 0.0178 e. The minimum atomic E-state index is 0.692. The van der Waals surface area contributed by atoms with E-state index >= 15 is 0 Å². The van der Waals surface area contributed by atoms with Crippen LogP contribution >= 0.6 is 15.9 Å². The van der Waals surface area contributed by atoms with Crippen LogP contribution in [-0.2, 0) is 0 Å². The van der Waals surface area contributed by atoms with Crippen molar-refractivity contribution >= 4 is 15.9 Å². The summed E-state index contributed by atoms with van der Waals surface area (Å²) in [6.45, 7) is 4.58. The fourth-order valence-electron chi connectivity index (χ4n) is 1.99. The minimum absolute atomic E-state index is 0.692. The Morgan fingerprint density at radius 2 is 2.23 bits per heavy atom. The SMILES string of the molecule is C[C@H]1CNC[C@H]1c1cccc(Br)c1. The summed E-state index contributed by atoms with van der Waals surface area (Å²) >= 11 is 3.51. The Hall–Kier alpha value is -0.340. The molecule has 0 aliphatic carbocycles. The van der Waals surface area contributed by atoms with Gasteiger partial charge in [-0.2, -0.15) is 0 Å². The third-order valence-electron chi connectivity index (χ3n) is 2.79. The highest BCUT2D eigenvalue weighted by molar-refractivity contribution is 9.10. The van der Waals surface area contributed by atoms with Crippen LogP contribution in [0.25, 0.3) is 0 Å². The average Bonchev–Trinajstić information content (AvgIpc) is 2.51. The Bertz CT molecular complexity index is 298. The highest BCUT2D eigenvalue weighted by Gasteiger charge is 2.24. The van der Waals surface area contributed by atoms with Gasteiger partial charge in [0.25, 0.3) is 0 Å². The molecule has 2 atom stereocenters. The molecule has 0 radical (unpaired) electrons. The van der Waals surface area contributed by atoms with Gasteiger partial charge < -0.3 is 5.32 Å². The van der Waals surface area contributed by atoms with Gasteiger partial charge in [0.15, 0.2) is 0 Å². The van der Waals surface area contributed by atoms with Crippen LogP contribution in [0.2, 0.25) is 0 Å². The van der Waals surface area contributed by atoms with Crippen LogP contribution in [0.3, 0.4) is 0 Å². The highest BCUT2D eigenvalue weighted by atomic mass is 79.9. The van der Waals surface area contributed by atoms with Crippen LogP contribution in [0.5, 0.6) is 0 Å². The van der Waals surface area contributed by atoms with Gasteiger partial charge in [0.2, 0.25) is 0 Å². The second kappa shape index (κ2) is 3.81. The van der Waals surface area contributed by atoms with E-state index in [1.165, 1.54) is 10.0 Å². The molecule has 0 unspecified atom stereocenters. The van der Waals surface area contributed by atoms with E-state index in [2.05, 4.69) is 52.4 Å². The van der Waals surface area contributed by atoms with Crippen molar-refractivity contribution in [1.29, 1.82) is 0 Å². The molecule has 13 heavy (non-hydrogen) atoms. The van der Waals surface area contributed by atoms with E-state index < -0.39 is 0 Å². The van der Waals surface area contributed by atoms with Crippen LogP contribution in [0.1, 0.15) is 18.4 Å². The van der Waals surface area contributed by atoms with E-state index in [1.54, 1.807) is 0 Å². The molecule has 1 aliphatic heterocycles. The number of rotatable bonds is 1. The van der Waals surface area contributed by atoms with E-state index in [-0.39, 0.29) is 0 Å². The van der Waals surface area contributed by atoms with Crippen molar-refractivity contribution in [3.63, 3.8) is 0 Å². The van der Waals surface area contributed by atoms with Crippen molar-refractivity contribution in [3.05, 3.63) is 34.3 Å². The van der Waals surface area contributed by atoms with E-state index in [9.17, 15) is 0 Å². The first kappa shape index (κ1) is 9.22. The van der Waals surface area contributed by atoms with Crippen LogP contribution in [-0.4, -0.2) is 13.1 Å². The Morgan fingerprint density at radius 3 is 2.85 bits per heavy atom. The first-order valence-electron chi connectivity index (χ1n) is 4.73. The van der Waals surface area contributed by atoms with Crippen LogP contribution in [0.4, 0.5) is 0 Å². The molecule has 1 fully saturated rings. The third-order valence-corrected chi connectivity index (χ3v) is 3.29. The van der Waals surface area contributed by atoms with Gasteiger partial charge in [-0.25, -0.2) is 0 Å². The third kappa shape index (κ3) is 1.94. The molecule has 2 rings (SSSR count). The maximum atomic E-state index is 3.51. The molecule has 0 saturated carbocycles. The maximum Gasteiger partial charge on any atom is 0.0178 e. The molecular weight excluding hydrogens is 226 g/mol. The number of benzene rings is 1. The molecule has 0 aromatic heterocycles. The molecule has 0 spiro atoms. The summed E-state index contributed by atoms with van der Waals surface area (Å²) in [5, 5.41) is 3.42. The zero-order valence-electron chi connectivity index (χ0n) is 7.76. The largest absolute Gasteiger partial charge is 0.316 e. The molecule has 1 heterocycles. The standard InChI is InChI=1S/C11H14BrN/c1-8-6-13-7-11(8)9-3-2-4-10(12)5-9/h2-5,8,11,13H,6-7H2,1H3/t8-,11+/m0/s1. The van der Waals surface area contributed by atoms with Gasteiger partial charge in [-0.15, -0.1) is 0 Å². The van der Waals surface area contributed by atoms with E-state index in [0.29, 0.717) is 5.92 Å². The molecule has 1 saturated heterocycles. The molecular formula is C11H14BrN. The van der Waals surface area contributed by atoms with E-state index in [0.717, 1.165) is 19.0 Å². The van der Waals surface area contributed by atoms with Crippen molar-refractivity contribution in [2.45, 2.75) is 12.8 Å². The molecule has 1 N–H and O–H groups in total. The molecule has 70 valence electrons. The fraction of sp³-hybridized carbons (Fsp3) is 0.455. The lowest BCUT2D eigenvalue weighted by molar-refractivity contribution is 0.572. The number of nitrogens with one attached hydrogen (secondary N) is 1. The number of hydrogen-bond acceptors (Lipinski definition) is 1. The van der Waals surface area contributed by atoms with Crippen molar-refractivity contribution in [2.24, 2.45) is 5.92 Å². The summed E-state index contributed by atoms with van der Waals surface area (Å²) in [6.07, 6.45) is 0. The topological polar surface area (TPSA) is 12.0 Å². The van der Waals surface area contributed by atoms with Crippen molar-refractivity contribution in [2.75, 3.05) is 13.1 Å². The maximum absolute atomic E-state index is 3.51. The molecule has 1 aliphatic rings. The Balaban J connectivity index is 2.24. The van der Waals surface area contributed by atoms with Gasteiger partial charge in [0.05, 0.1) is 0 Å². The molecule has 1 aromatic rings. The highest BCUT2D eigenvalue weighted by Crippen LogP contribution is 2.28. The first-order valence-corrected chi connectivity index (χ1v) is 5.53. The molecule has 1 aromatic carbocycles. The van der Waals surface area contributed by atoms with Crippen LogP contribution in [0.15, 0.2) is 28.7 Å². The van der Waals surface area contributed by atoms with Crippen molar-refractivity contribution in [3.8, 4) is 0 Å². The lowest BCUT2D eigenvalue weighted by Gasteiger charge is -2.14. The Labute approximate surface area is 87.7 Å². The van der Waals surface area contributed by atoms with Gasteiger partial charge in [-0.1, -0.05) is 35.0 Å². The summed E-state index contributed by atoms with van der Waals surface area (Å²) < 4.78 is 1.18. The zero-order chi connectivity index (χ0) is 9.26. The van der Waals surface area contributed by atoms with Gasteiger partial charge in [0, 0.05) is 16.9 Å². The van der Waals surface area contributed by atoms with Crippen LogP contribution in [0, 0.1) is 5.92 Å². The minimum Gasteiger partial charge on any atom is -0.316 e. The summed E-state index contributed by atoms with van der Waals surface area (Å²) in [7, 11) is 0. The summed E-state index contributed by atoms with van der Waals surface area (Å²) in [5.74, 6) is 1.45. The Morgan fingerprint density at radius 1 is 1.38 bits per heavy atom. The second-order valence-corrected chi connectivity index (χ2v) is 4.71. The van der Waals surface area contributed by atoms with Crippen molar-refractivity contribution < 1.29 is 0 Å². The van der Waals surface area contributed by atoms with E-state index in [1.807, 2.05) is 0 Å². The quantitative estimate of drug-likeness (QED) is 0.795. The summed E-state index contributed by atoms with van der Waals surface area (Å²) in [4.78, 5) is 0. The average molecular weight is 240 g/mol. The fourth-order valence-corrected chi connectivity index (χ4v) is 2.41. The van der Waals surface area contributed by atoms with Gasteiger partial charge in [-0.05, 0) is 30.2 Å². The van der Waals surface area contributed by atoms with Crippen LogP contribution < -0.4 is 5.32 Å². The second-order valence-electron chi connectivity index (χ2n) is 3.80. The molecule has 0 amide bonds. The van der Waals surface area contributed by atoms with E-state index in [4.69, 9.17) is 0 Å². The normalized spacial score (nSPS) is 27.8. The summed E-state index contributed by atoms with van der Waals surface area (Å²) in [5.41, 5.74) is 1.45. The Kier molecular flexibility index (Phi) is 2.70. The predicted molar refractivity (Wildman–Crippen MR) is 58.9 cm³/mol. The van der Waals surface area contributed by atoms with Crippen molar-refractivity contribution in [1.82, 2.24) is 5.32 Å². The number of halogens is 1. The predicted octanol–water partition coefficient (Wildman–Crippen LogP) is 2.77. The lowest BCUT2D eigenvalue weighted by atomic mass is 9.90. The first-order chi connectivity index (χ1) is 6.27. The van der Waals surface area contributed by atoms with Gasteiger partial charge in [0.1, 0.15) is 0 Å². The monoisotopic (exact) mass is 239 g/mol. The molecule has 1 nitrogen and oxygen atoms in total. The lowest BCUT2D eigenvalue weighted by Crippen LogP contribution is -2.07. The van der Waals surface area contributed by atoms with Gasteiger partial charge >= 0.3 is 0 Å². The molecule has 0 bridgehead atoms. The number of hydrogen-bond donors (Lipinski definition) is 1. The van der Waals surface area contributed by atoms with Gasteiger partial charge in [-0.3, -0.25) is 0 Å².